The van der Waals surface area contributed by atoms with Crippen LogP contribution in [0.4, 0.5) is 14.5 Å². The second kappa shape index (κ2) is 6.70. The van der Waals surface area contributed by atoms with E-state index < -0.39 is 6.43 Å². The third kappa shape index (κ3) is 3.93. The zero-order valence-electron chi connectivity index (χ0n) is 10.9. The highest BCUT2D eigenvalue weighted by atomic mass is 79.9. The van der Waals surface area contributed by atoms with Crippen LogP contribution in [0, 0.1) is 0 Å². The molecule has 0 saturated heterocycles. The lowest BCUT2D eigenvalue weighted by Crippen LogP contribution is -2.00. The highest BCUT2D eigenvalue weighted by Gasteiger charge is 2.06. The van der Waals surface area contributed by atoms with Crippen molar-refractivity contribution < 1.29 is 13.5 Å². The standard InChI is InChI=1S/C15H14BrF2NO/c1-20-14-7-12(16)6-13(8-14)19-9-10-2-4-11(5-3-10)15(17)18/h2-8,15,19H,9H2,1H3. The fourth-order valence-corrected chi connectivity index (χ4v) is 2.24. The first-order valence-electron chi connectivity index (χ1n) is 6.04. The fourth-order valence-electron chi connectivity index (χ4n) is 1.77. The summed E-state index contributed by atoms with van der Waals surface area (Å²) in [5.41, 5.74) is 1.88. The number of ether oxygens (including phenoxy) is 1. The summed E-state index contributed by atoms with van der Waals surface area (Å²) in [6, 6.07) is 12.0. The Morgan fingerprint density at radius 1 is 1.15 bits per heavy atom. The Kier molecular flexibility index (Phi) is 4.95. The van der Waals surface area contributed by atoms with Crippen LogP contribution in [0.25, 0.3) is 0 Å². The largest absolute Gasteiger partial charge is 0.497 e. The molecule has 1 N–H and O–H groups in total. The molecule has 20 heavy (non-hydrogen) atoms. The Bertz CT molecular complexity index is 573. The highest BCUT2D eigenvalue weighted by Crippen LogP contribution is 2.25. The Balaban J connectivity index is 2.03. The van der Waals surface area contributed by atoms with E-state index in [4.69, 9.17) is 4.74 Å². The molecule has 106 valence electrons. The van der Waals surface area contributed by atoms with Crippen LogP contribution in [0.3, 0.4) is 0 Å². The Morgan fingerprint density at radius 3 is 2.45 bits per heavy atom. The van der Waals surface area contributed by atoms with Gasteiger partial charge in [-0.05, 0) is 17.7 Å². The zero-order valence-corrected chi connectivity index (χ0v) is 12.5. The molecule has 0 amide bonds. The molecule has 0 radical (unpaired) electrons. The van der Waals surface area contributed by atoms with Crippen LogP contribution in [0.1, 0.15) is 17.6 Å². The summed E-state index contributed by atoms with van der Waals surface area (Å²) in [5, 5.41) is 3.23. The number of benzene rings is 2. The van der Waals surface area contributed by atoms with Gasteiger partial charge in [0.05, 0.1) is 7.11 Å². The molecular weight excluding hydrogens is 328 g/mol. The number of alkyl halides is 2. The van der Waals surface area contributed by atoms with Crippen molar-refractivity contribution in [2.75, 3.05) is 12.4 Å². The van der Waals surface area contributed by atoms with Crippen LogP contribution >= 0.6 is 15.9 Å². The molecule has 0 fully saturated rings. The number of hydrogen-bond acceptors (Lipinski definition) is 2. The van der Waals surface area contributed by atoms with Gasteiger partial charge in [-0.3, -0.25) is 0 Å². The molecule has 2 aromatic carbocycles. The summed E-state index contributed by atoms with van der Waals surface area (Å²) in [6.07, 6.45) is -2.42. The monoisotopic (exact) mass is 341 g/mol. The SMILES string of the molecule is COc1cc(Br)cc(NCc2ccc(C(F)F)cc2)c1. The number of methoxy groups -OCH3 is 1. The van der Waals surface area contributed by atoms with E-state index in [1.165, 1.54) is 12.1 Å². The second-order valence-corrected chi connectivity index (χ2v) is 5.19. The van der Waals surface area contributed by atoms with Gasteiger partial charge in [0.1, 0.15) is 5.75 Å². The molecule has 0 bridgehead atoms. The van der Waals surface area contributed by atoms with E-state index in [0.717, 1.165) is 21.5 Å². The maximum absolute atomic E-state index is 12.4. The van der Waals surface area contributed by atoms with Gasteiger partial charge >= 0.3 is 0 Å². The molecule has 0 atom stereocenters. The molecule has 0 spiro atoms. The van der Waals surface area contributed by atoms with Gasteiger partial charge in [-0.15, -0.1) is 0 Å². The average molecular weight is 342 g/mol. The third-order valence-electron chi connectivity index (χ3n) is 2.84. The predicted octanol–water partition coefficient (Wildman–Crippen LogP) is 5.01. The topological polar surface area (TPSA) is 21.3 Å². The molecule has 2 aromatic rings. The quantitative estimate of drug-likeness (QED) is 0.825. The Morgan fingerprint density at radius 2 is 1.85 bits per heavy atom. The van der Waals surface area contributed by atoms with Gasteiger partial charge < -0.3 is 10.1 Å². The summed E-state index contributed by atoms with van der Waals surface area (Å²) in [4.78, 5) is 0. The molecule has 0 aromatic heterocycles. The van der Waals surface area contributed by atoms with Crippen molar-refractivity contribution >= 4 is 21.6 Å². The summed E-state index contributed by atoms with van der Waals surface area (Å²) < 4.78 is 31.0. The molecular formula is C15H14BrF2NO. The molecule has 0 unspecified atom stereocenters. The van der Waals surface area contributed by atoms with Gasteiger partial charge in [-0.2, -0.15) is 0 Å². The zero-order chi connectivity index (χ0) is 14.5. The van der Waals surface area contributed by atoms with Crippen molar-refractivity contribution in [3.8, 4) is 5.75 Å². The van der Waals surface area contributed by atoms with Crippen molar-refractivity contribution in [2.45, 2.75) is 13.0 Å². The van der Waals surface area contributed by atoms with Crippen LogP contribution in [0.15, 0.2) is 46.9 Å². The van der Waals surface area contributed by atoms with Crippen LogP contribution < -0.4 is 10.1 Å². The predicted molar refractivity (Wildman–Crippen MR) is 79.4 cm³/mol. The van der Waals surface area contributed by atoms with E-state index in [1.807, 2.05) is 18.2 Å². The molecule has 0 heterocycles. The Labute approximate surface area is 124 Å². The summed E-state index contributed by atoms with van der Waals surface area (Å²) in [7, 11) is 1.61. The van der Waals surface area contributed by atoms with Crippen LogP contribution in [0.5, 0.6) is 5.75 Å². The van der Waals surface area contributed by atoms with Crippen LogP contribution in [-0.4, -0.2) is 7.11 Å². The van der Waals surface area contributed by atoms with Gasteiger partial charge in [0.2, 0.25) is 0 Å². The van der Waals surface area contributed by atoms with E-state index in [9.17, 15) is 8.78 Å². The van der Waals surface area contributed by atoms with Gasteiger partial charge in [0.25, 0.3) is 6.43 Å². The summed E-state index contributed by atoms with van der Waals surface area (Å²) in [6.45, 7) is 0.559. The lowest BCUT2D eigenvalue weighted by atomic mass is 10.1. The van der Waals surface area contributed by atoms with Gasteiger partial charge in [-0.1, -0.05) is 40.2 Å². The lowest BCUT2D eigenvalue weighted by Gasteiger charge is -2.10. The molecule has 0 aliphatic rings. The average Bonchev–Trinajstić information content (AvgIpc) is 2.45. The van der Waals surface area contributed by atoms with Crippen LogP contribution in [0.2, 0.25) is 0 Å². The fraction of sp³-hybridized carbons (Fsp3) is 0.200. The summed E-state index contributed by atoms with van der Waals surface area (Å²) >= 11 is 3.40. The molecule has 5 heteroatoms. The third-order valence-corrected chi connectivity index (χ3v) is 3.29. The summed E-state index contributed by atoms with van der Waals surface area (Å²) in [5.74, 6) is 0.745. The van der Waals surface area contributed by atoms with Gasteiger partial charge in [-0.25, -0.2) is 8.78 Å². The number of rotatable bonds is 5. The van der Waals surface area contributed by atoms with Gasteiger partial charge in [0.15, 0.2) is 0 Å². The molecule has 2 nitrogen and oxygen atoms in total. The lowest BCUT2D eigenvalue weighted by molar-refractivity contribution is 0.151. The van der Waals surface area contributed by atoms with Crippen LogP contribution in [-0.2, 0) is 6.54 Å². The first-order valence-corrected chi connectivity index (χ1v) is 6.83. The number of halogens is 3. The van der Waals surface area contributed by atoms with E-state index in [0.29, 0.717) is 6.54 Å². The van der Waals surface area contributed by atoms with Gasteiger partial charge in [0, 0.05) is 28.3 Å². The maximum atomic E-state index is 12.4. The maximum Gasteiger partial charge on any atom is 0.263 e. The Hall–Kier alpha value is -1.62. The van der Waals surface area contributed by atoms with Crippen molar-refractivity contribution in [3.05, 3.63) is 58.1 Å². The minimum atomic E-state index is -2.42. The van der Waals surface area contributed by atoms with Crippen molar-refractivity contribution in [3.63, 3.8) is 0 Å². The van der Waals surface area contributed by atoms with Crippen molar-refractivity contribution in [1.82, 2.24) is 0 Å². The minimum absolute atomic E-state index is 0.0397. The first-order chi connectivity index (χ1) is 9.58. The normalized spacial score (nSPS) is 10.7. The van der Waals surface area contributed by atoms with E-state index in [1.54, 1.807) is 19.2 Å². The number of hydrogen-bond donors (Lipinski definition) is 1. The minimum Gasteiger partial charge on any atom is -0.497 e. The van der Waals surface area contributed by atoms with E-state index in [2.05, 4.69) is 21.2 Å². The number of nitrogens with one attached hydrogen (secondary N) is 1. The van der Waals surface area contributed by atoms with E-state index >= 15 is 0 Å². The molecule has 0 saturated carbocycles. The van der Waals surface area contributed by atoms with E-state index in [-0.39, 0.29) is 5.56 Å². The molecule has 0 aliphatic heterocycles. The van der Waals surface area contributed by atoms with Crippen molar-refractivity contribution in [1.29, 1.82) is 0 Å². The number of anilines is 1. The second-order valence-electron chi connectivity index (χ2n) is 4.28. The first kappa shape index (κ1) is 14.8. The smallest absolute Gasteiger partial charge is 0.263 e. The molecule has 0 aliphatic carbocycles. The molecule has 2 rings (SSSR count). The highest BCUT2D eigenvalue weighted by molar-refractivity contribution is 9.10. The van der Waals surface area contributed by atoms with Crippen molar-refractivity contribution in [2.24, 2.45) is 0 Å².